The van der Waals surface area contributed by atoms with E-state index in [-0.39, 0.29) is 5.91 Å². The Labute approximate surface area is 59.2 Å². The van der Waals surface area contributed by atoms with E-state index in [1.165, 1.54) is 6.92 Å². The molecular weight excluding hydrogens is 126 g/mol. The molecule has 0 spiro atoms. The highest BCUT2D eigenvalue weighted by atomic mass is 16.1. The van der Waals surface area contributed by atoms with Crippen molar-refractivity contribution in [2.75, 3.05) is 0 Å². The molecule has 0 aromatic carbocycles. The summed E-state index contributed by atoms with van der Waals surface area (Å²) in [5.74, 6) is -0.0698. The van der Waals surface area contributed by atoms with Gasteiger partial charge in [-0.1, -0.05) is 11.5 Å². The van der Waals surface area contributed by atoms with Crippen LogP contribution in [0.4, 0.5) is 0 Å². The third kappa shape index (κ3) is 1.79. The second-order valence-electron chi connectivity index (χ2n) is 1.90. The standard InChI is InChI=1S/C8H7NO/c1-7(10)9-8-5-3-2-4-6-8/h3,5-6H,1H3,(H,9,10). The minimum atomic E-state index is -0.0698. The third-order valence-electron chi connectivity index (χ3n) is 0.978. The average Bonchev–Trinajstić information content (AvgIpc) is 1.88. The number of carbonyl (C=O) groups excluding carboxylic acids is 1. The maximum Gasteiger partial charge on any atom is 0.221 e. The molecule has 50 valence electrons. The molecule has 0 heterocycles. The first kappa shape index (κ1) is 6.63. The van der Waals surface area contributed by atoms with Gasteiger partial charge in [-0.3, -0.25) is 4.79 Å². The van der Waals surface area contributed by atoms with Gasteiger partial charge in [0, 0.05) is 18.7 Å². The first-order chi connectivity index (χ1) is 4.79. The molecule has 0 fully saturated rings. The van der Waals surface area contributed by atoms with Crippen molar-refractivity contribution in [2.24, 2.45) is 0 Å². The second-order valence-corrected chi connectivity index (χ2v) is 1.90. The molecule has 1 aliphatic rings. The molecule has 2 nitrogen and oxygen atoms in total. The van der Waals surface area contributed by atoms with Crippen molar-refractivity contribution < 1.29 is 4.79 Å². The van der Waals surface area contributed by atoms with Crippen LogP contribution in [0, 0.1) is 0 Å². The summed E-state index contributed by atoms with van der Waals surface area (Å²) in [5, 5.41) is 2.61. The van der Waals surface area contributed by atoms with Crippen LogP contribution in [0.3, 0.4) is 0 Å². The molecule has 0 atom stereocenters. The number of hydrogen-bond donors (Lipinski definition) is 1. The summed E-state index contributed by atoms with van der Waals surface area (Å²) in [5.41, 5.74) is 6.21. The van der Waals surface area contributed by atoms with Crippen molar-refractivity contribution in [2.45, 2.75) is 6.92 Å². The van der Waals surface area contributed by atoms with Gasteiger partial charge in [0.25, 0.3) is 0 Å². The van der Waals surface area contributed by atoms with Crippen LogP contribution in [0.15, 0.2) is 35.4 Å². The lowest BCUT2D eigenvalue weighted by Gasteiger charge is -1.99. The highest BCUT2D eigenvalue weighted by molar-refractivity contribution is 5.75. The van der Waals surface area contributed by atoms with Crippen LogP contribution in [-0.4, -0.2) is 5.91 Å². The Morgan fingerprint density at radius 2 is 2.40 bits per heavy atom. The molecule has 1 aliphatic carbocycles. The summed E-state index contributed by atoms with van der Waals surface area (Å²) >= 11 is 0. The molecule has 0 aromatic rings. The predicted octanol–water partition coefficient (Wildman–Crippen LogP) is 0.886. The Morgan fingerprint density at radius 3 is 2.90 bits per heavy atom. The van der Waals surface area contributed by atoms with Crippen LogP contribution >= 0.6 is 0 Å². The van der Waals surface area contributed by atoms with Gasteiger partial charge in [0.1, 0.15) is 0 Å². The Bertz CT molecular complexity index is 274. The monoisotopic (exact) mass is 133 g/mol. The topological polar surface area (TPSA) is 29.1 Å². The van der Waals surface area contributed by atoms with E-state index >= 15 is 0 Å². The molecule has 0 bridgehead atoms. The smallest absolute Gasteiger partial charge is 0.221 e. The number of carbonyl (C=O) groups is 1. The zero-order valence-electron chi connectivity index (χ0n) is 5.64. The molecule has 0 saturated carbocycles. The maximum absolute atomic E-state index is 10.5. The van der Waals surface area contributed by atoms with E-state index in [1.54, 1.807) is 18.2 Å². The van der Waals surface area contributed by atoms with E-state index in [0.717, 1.165) is 5.70 Å². The van der Waals surface area contributed by atoms with Crippen molar-refractivity contribution in [3.05, 3.63) is 35.4 Å². The quantitative estimate of drug-likeness (QED) is 0.529. The molecule has 0 unspecified atom stereocenters. The lowest BCUT2D eigenvalue weighted by atomic mass is 10.3. The maximum atomic E-state index is 10.5. The van der Waals surface area contributed by atoms with E-state index in [2.05, 4.69) is 16.8 Å². The molecule has 0 aromatic heterocycles. The van der Waals surface area contributed by atoms with Crippen LogP contribution in [0.2, 0.25) is 0 Å². The zero-order valence-corrected chi connectivity index (χ0v) is 5.64. The second kappa shape index (κ2) is 2.88. The molecule has 2 heteroatoms. The lowest BCUT2D eigenvalue weighted by Crippen LogP contribution is -2.17. The van der Waals surface area contributed by atoms with Gasteiger partial charge in [-0.05, 0) is 12.2 Å². The van der Waals surface area contributed by atoms with E-state index in [9.17, 15) is 4.79 Å². The number of nitrogens with one attached hydrogen (secondary N) is 1. The van der Waals surface area contributed by atoms with Gasteiger partial charge in [0.05, 0.1) is 0 Å². The minimum Gasteiger partial charge on any atom is -0.326 e. The Hall–Kier alpha value is -1.49. The largest absolute Gasteiger partial charge is 0.326 e. The first-order valence-corrected chi connectivity index (χ1v) is 2.94. The van der Waals surface area contributed by atoms with Crippen LogP contribution < -0.4 is 5.32 Å². The normalized spacial score (nSPS) is 13.1. The molecule has 1 rings (SSSR count). The van der Waals surface area contributed by atoms with Crippen molar-refractivity contribution in [1.82, 2.24) is 5.32 Å². The summed E-state index contributed by atoms with van der Waals surface area (Å²) in [6.45, 7) is 1.47. The van der Waals surface area contributed by atoms with Gasteiger partial charge in [-0.15, -0.1) is 0 Å². The van der Waals surface area contributed by atoms with Gasteiger partial charge in [-0.2, -0.15) is 0 Å². The van der Waals surface area contributed by atoms with Gasteiger partial charge in [-0.25, -0.2) is 0 Å². The molecule has 0 aliphatic heterocycles. The van der Waals surface area contributed by atoms with Crippen LogP contribution in [0.25, 0.3) is 0 Å². The highest BCUT2D eigenvalue weighted by Gasteiger charge is 1.93. The van der Waals surface area contributed by atoms with E-state index in [1.807, 2.05) is 0 Å². The van der Waals surface area contributed by atoms with Gasteiger partial charge in [0.15, 0.2) is 0 Å². The van der Waals surface area contributed by atoms with Gasteiger partial charge < -0.3 is 5.32 Å². The van der Waals surface area contributed by atoms with Crippen LogP contribution in [-0.2, 0) is 4.79 Å². The molecule has 1 amide bonds. The number of allylic oxidation sites excluding steroid dienone is 3. The van der Waals surface area contributed by atoms with Crippen LogP contribution in [0.1, 0.15) is 6.92 Å². The van der Waals surface area contributed by atoms with Crippen molar-refractivity contribution in [1.29, 1.82) is 0 Å². The number of hydrogen-bond acceptors (Lipinski definition) is 1. The Balaban J connectivity index is 2.63. The molecule has 0 radical (unpaired) electrons. The van der Waals surface area contributed by atoms with E-state index in [4.69, 9.17) is 0 Å². The third-order valence-corrected chi connectivity index (χ3v) is 0.978. The van der Waals surface area contributed by atoms with Gasteiger partial charge >= 0.3 is 0 Å². The summed E-state index contributed by atoms with van der Waals surface area (Å²) in [7, 11) is 0. The summed E-state index contributed by atoms with van der Waals surface area (Å²) in [6.07, 6.45) is 5.13. The van der Waals surface area contributed by atoms with Crippen molar-refractivity contribution in [3.63, 3.8) is 0 Å². The van der Waals surface area contributed by atoms with E-state index < -0.39 is 0 Å². The van der Waals surface area contributed by atoms with Crippen molar-refractivity contribution in [3.8, 4) is 0 Å². The summed E-state index contributed by atoms with van der Waals surface area (Å²) < 4.78 is 0. The summed E-state index contributed by atoms with van der Waals surface area (Å²) in [4.78, 5) is 10.5. The molecule has 1 N–H and O–H groups in total. The fourth-order valence-electron chi connectivity index (χ4n) is 0.628. The Morgan fingerprint density at radius 1 is 1.60 bits per heavy atom. The number of rotatable bonds is 1. The fourth-order valence-corrected chi connectivity index (χ4v) is 0.628. The zero-order chi connectivity index (χ0) is 7.40. The predicted molar refractivity (Wildman–Crippen MR) is 38.1 cm³/mol. The summed E-state index contributed by atoms with van der Waals surface area (Å²) in [6, 6.07) is 0. The molecule has 10 heavy (non-hydrogen) atoms. The van der Waals surface area contributed by atoms with Crippen molar-refractivity contribution >= 4 is 5.91 Å². The van der Waals surface area contributed by atoms with E-state index in [0.29, 0.717) is 0 Å². The highest BCUT2D eigenvalue weighted by Crippen LogP contribution is 1.93. The average molecular weight is 133 g/mol. The lowest BCUT2D eigenvalue weighted by molar-refractivity contribution is -0.118. The SMILES string of the molecule is CC(=O)NC1=CC=C=C=C1. The fraction of sp³-hybridized carbons (Fsp3) is 0.125. The minimum absolute atomic E-state index is 0.0698. The molecule has 0 saturated heterocycles. The van der Waals surface area contributed by atoms with Crippen LogP contribution in [0.5, 0.6) is 0 Å². The number of amides is 1. The van der Waals surface area contributed by atoms with Gasteiger partial charge in [0.2, 0.25) is 5.91 Å². The Kier molecular flexibility index (Phi) is 1.91. The first-order valence-electron chi connectivity index (χ1n) is 2.94. The molecular formula is C8H7NO.